The molecule has 1 heterocycles. The number of ether oxygens (including phenoxy) is 1. The van der Waals surface area contributed by atoms with Crippen molar-refractivity contribution in [1.82, 2.24) is 4.90 Å². The Morgan fingerprint density at radius 3 is 1.64 bits per heavy atom. The van der Waals surface area contributed by atoms with Gasteiger partial charge in [-0.15, -0.1) is 0 Å². The van der Waals surface area contributed by atoms with Crippen LogP contribution in [0.25, 0.3) is 0 Å². The van der Waals surface area contributed by atoms with Gasteiger partial charge in [-0.25, -0.2) is 0 Å². The van der Waals surface area contributed by atoms with E-state index in [1.807, 2.05) is 17.9 Å². The summed E-state index contributed by atoms with van der Waals surface area (Å²) in [6.07, 6.45) is 25.9. The second-order valence-corrected chi connectivity index (χ2v) is 8.54. The van der Waals surface area contributed by atoms with Crippen LogP contribution in [0.1, 0.15) is 117 Å². The Kier molecular flexibility index (Phi) is 16.4. The van der Waals surface area contributed by atoms with E-state index in [0.717, 1.165) is 26.1 Å². The van der Waals surface area contributed by atoms with E-state index in [0.29, 0.717) is 0 Å². The highest BCUT2D eigenvalue weighted by atomic mass is 16.6. The minimum Gasteiger partial charge on any atom is -0.371 e. The van der Waals surface area contributed by atoms with Gasteiger partial charge < -0.3 is 9.64 Å². The highest BCUT2D eigenvalue weighted by Gasteiger charge is 2.26. The first kappa shape index (κ1) is 25.2. The number of carbonyl (C=O) groups excluding carboxylic acids is 1. The van der Waals surface area contributed by atoms with E-state index in [9.17, 15) is 4.79 Å². The minimum absolute atomic E-state index is 0.138. The maximum absolute atomic E-state index is 12.1. The summed E-state index contributed by atoms with van der Waals surface area (Å²) >= 11 is 0. The molecule has 1 aliphatic heterocycles. The molecule has 1 amide bonds. The Morgan fingerprint density at radius 1 is 0.821 bits per heavy atom. The van der Waals surface area contributed by atoms with E-state index in [1.54, 1.807) is 6.08 Å². The van der Waals surface area contributed by atoms with Gasteiger partial charge in [0.05, 0.1) is 12.7 Å². The highest BCUT2D eigenvalue weighted by molar-refractivity contribution is 5.87. The third-order valence-corrected chi connectivity index (χ3v) is 5.73. The lowest BCUT2D eigenvalue weighted by atomic mass is 10.0. The first-order valence-corrected chi connectivity index (χ1v) is 12.3. The average molecular weight is 394 g/mol. The van der Waals surface area contributed by atoms with Gasteiger partial charge in [0.15, 0.2) is 0 Å². The van der Waals surface area contributed by atoms with Crippen LogP contribution in [0.2, 0.25) is 0 Å². The fraction of sp³-hybridized carbons (Fsp3) is 0.880. The fourth-order valence-corrected chi connectivity index (χ4v) is 3.81. The maximum Gasteiger partial charge on any atom is 0.246 e. The highest BCUT2D eigenvalue weighted by Crippen LogP contribution is 2.15. The Bertz CT molecular complexity index is 390. The van der Waals surface area contributed by atoms with Gasteiger partial charge in [0.2, 0.25) is 5.91 Å². The van der Waals surface area contributed by atoms with Crippen LogP contribution in [0.4, 0.5) is 0 Å². The largest absolute Gasteiger partial charge is 0.371 e. The first-order chi connectivity index (χ1) is 13.8. The van der Waals surface area contributed by atoms with Gasteiger partial charge in [-0.3, -0.25) is 4.79 Å². The van der Waals surface area contributed by atoms with Gasteiger partial charge in [0.1, 0.15) is 0 Å². The maximum atomic E-state index is 12.1. The third-order valence-electron chi connectivity index (χ3n) is 5.73. The molecule has 0 aliphatic carbocycles. The summed E-state index contributed by atoms with van der Waals surface area (Å²) in [5.41, 5.74) is 0. The molecule has 3 heteroatoms. The molecule has 0 aromatic heterocycles. The number of allylic oxidation sites excluding steroid dienone is 1. The molecule has 0 radical (unpaired) electrons. The summed E-state index contributed by atoms with van der Waals surface area (Å²) in [6, 6.07) is 0. The van der Waals surface area contributed by atoms with E-state index < -0.39 is 0 Å². The Balaban J connectivity index is 1.83. The van der Waals surface area contributed by atoms with Crippen LogP contribution in [0.3, 0.4) is 0 Å². The van der Waals surface area contributed by atoms with Gasteiger partial charge in [0.25, 0.3) is 0 Å². The van der Waals surface area contributed by atoms with Crippen molar-refractivity contribution in [3.63, 3.8) is 0 Å². The predicted molar refractivity (Wildman–Crippen MR) is 121 cm³/mol. The van der Waals surface area contributed by atoms with Crippen molar-refractivity contribution in [1.29, 1.82) is 0 Å². The molecule has 1 rings (SSSR count). The van der Waals surface area contributed by atoms with Crippen molar-refractivity contribution in [3.8, 4) is 0 Å². The predicted octanol–water partition coefficient (Wildman–Crippen LogP) is 7.05. The average Bonchev–Trinajstić information content (AvgIpc) is 3.51. The van der Waals surface area contributed by atoms with Crippen LogP contribution in [0.15, 0.2) is 12.2 Å². The standard InChI is InChI=1S/C25H47NO2/c1-3-5-6-7-8-9-10-11-12-13-14-15-16-17-18-19-21-26(22-24-23-28-24)25(27)20-4-2/h4,20,24H,3,5-19,21-23H2,1-2H3/b20-4+. The lowest BCUT2D eigenvalue weighted by Gasteiger charge is -2.20. The van der Waals surface area contributed by atoms with Crippen molar-refractivity contribution in [2.24, 2.45) is 0 Å². The second kappa shape index (κ2) is 18.2. The van der Waals surface area contributed by atoms with Crippen molar-refractivity contribution < 1.29 is 9.53 Å². The molecular weight excluding hydrogens is 346 g/mol. The normalized spacial score (nSPS) is 16.0. The number of amides is 1. The minimum atomic E-state index is 0.138. The van der Waals surface area contributed by atoms with Crippen molar-refractivity contribution >= 4 is 5.91 Å². The molecule has 1 saturated heterocycles. The zero-order chi connectivity index (χ0) is 20.3. The van der Waals surface area contributed by atoms with Crippen molar-refractivity contribution in [2.75, 3.05) is 19.7 Å². The zero-order valence-corrected chi connectivity index (χ0v) is 18.9. The van der Waals surface area contributed by atoms with Crippen LogP contribution in [0.5, 0.6) is 0 Å². The molecule has 164 valence electrons. The number of carbonyl (C=O) groups is 1. The monoisotopic (exact) mass is 393 g/mol. The molecule has 1 atom stereocenters. The Labute approximate surface area is 175 Å². The fourth-order valence-electron chi connectivity index (χ4n) is 3.81. The molecule has 1 fully saturated rings. The second-order valence-electron chi connectivity index (χ2n) is 8.54. The van der Waals surface area contributed by atoms with E-state index in [2.05, 4.69) is 6.92 Å². The number of unbranched alkanes of at least 4 members (excludes halogenated alkanes) is 15. The van der Waals surface area contributed by atoms with Crippen LogP contribution >= 0.6 is 0 Å². The van der Waals surface area contributed by atoms with Crippen LogP contribution in [-0.4, -0.2) is 36.6 Å². The molecule has 1 unspecified atom stereocenters. The molecule has 0 bridgehead atoms. The smallest absolute Gasteiger partial charge is 0.246 e. The molecule has 0 aromatic rings. The van der Waals surface area contributed by atoms with Gasteiger partial charge in [-0.05, 0) is 19.4 Å². The summed E-state index contributed by atoms with van der Waals surface area (Å²) in [5.74, 6) is 0.138. The molecule has 28 heavy (non-hydrogen) atoms. The number of hydrogen-bond acceptors (Lipinski definition) is 2. The molecule has 0 aromatic carbocycles. The van der Waals surface area contributed by atoms with E-state index in [1.165, 1.54) is 96.3 Å². The number of nitrogens with zero attached hydrogens (tertiary/aromatic N) is 1. The third kappa shape index (κ3) is 15.1. The summed E-state index contributed by atoms with van der Waals surface area (Å²) in [5, 5.41) is 0. The van der Waals surface area contributed by atoms with Crippen LogP contribution in [-0.2, 0) is 9.53 Å². The van der Waals surface area contributed by atoms with Gasteiger partial charge in [0, 0.05) is 13.1 Å². The molecule has 3 nitrogen and oxygen atoms in total. The lowest BCUT2D eigenvalue weighted by molar-refractivity contribution is -0.126. The molecular formula is C25H47NO2. The summed E-state index contributed by atoms with van der Waals surface area (Å²) in [4.78, 5) is 14.0. The topological polar surface area (TPSA) is 32.8 Å². The van der Waals surface area contributed by atoms with E-state index in [-0.39, 0.29) is 12.0 Å². The summed E-state index contributed by atoms with van der Waals surface area (Å²) in [6.45, 7) is 6.65. The summed E-state index contributed by atoms with van der Waals surface area (Å²) < 4.78 is 5.28. The first-order valence-electron chi connectivity index (χ1n) is 12.3. The van der Waals surface area contributed by atoms with Crippen LogP contribution < -0.4 is 0 Å². The van der Waals surface area contributed by atoms with Crippen molar-refractivity contribution in [2.45, 2.75) is 123 Å². The van der Waals surface area contributed by atoms with Crippen molar-refractivity contribution in [3.05, 3.63) is 12.2 Å². The molecule has 0 N–H and O–H groups in total. The van der Waals surface area contributed by atoms with Gasteiger partial charge in [-0.1, -0.05) is 109 Å². The zero-order valence-electron chi connectivity index (χ0n) is 18.9. The van der Waals surface area contributed by atoms with E-state index in [4.69, 9.17) is 4.74 Å². The van der Waals surface area contributed by atoms with Gasteiger partial charge in [-0.2, -0.15) is 0 Å². The molecule has 1 aliphatic rings. The number of rotatable bonds is 20. The van der Waals surface area contributed by atoms with Crippen LogP contribution in [0, 0.1) is 0 Å². The molecule has 0 spiro atoms. The van der Waals surface area contributed by atoms with Gasteiger partial charge >= 0.3 is 0 Å². The Hall–Kier alpha value is -0.830. The summed E-state index contributed by atoms with van der Waals surface area (Å²) in [7, 11) is 0. The number of epoxide rings is 1. The quantitative estimate of drug-likeness (QED) is 0.126. The molecule has 0 saturated carbocycles. The Morgan fingerprint density at radius 2 is 1.25 bits per heavy atom. The number of hydrogen-bond donors (Lipinski definition) is 0. The van der Waals surface area contributed by atoms with E-state index >= 15 is 0 Å². The lowest BCUT2D eigenvalue weighted by Crippen LogP contribution is -2.34. The SMILES string of the molecule is C/C=C/C(=O)N(CCCCCCCCCCCCCCCCCC)CC1CO1.